The third kappa shape index (κ3) is 2.13. The van der Waals surface area contributed by atoms with Gasteiger partial charge in [0.2, 0.25) is 0 Å². The minimum atomic E-state index is -0.352. The summed E-state index contributed by atoms with van der Waals surface area (Å²) in [5, 5.41) is 5.44. The molecule has 22 heavy (non-hydrogen) atoms. The van der Waals surface area contributed by atoms with E-state index in [2.05, 4.69) is 18.1 Å². The van der Waals surface area contributed by atoms with Gasteiger partial charge >= 0.3 is 0 Å². The minimum Gasteiger partial charge on any atom is -0.308 e. The molecule has 0 spiro atoms. The number of hydrogen-bond acceptors (Lipinski definition) is 1. The van der Waals surface area contributed by atoms with Crippen LogP contribution in [-0.2, 0) is 6.54 Å². The molecule has 0 atom stereocenters. The number of nitrogens with zero attached hydrogens (tertiary/aromatic N) is 3. The van der Waals surface area contributed by atoms with Crippen LogP contribution in [0.2, 0.25) is 5.02 Å². The summed E-state index contributed by atoms with van der Waals surface area (Å²) in [4.78, 5) is 0. The molecule has 114 valence electrons. The van der Waals surface area contributed by atoms with Gasteiger partial charge in [-0.15, -0.1) is 0 Å². The third-order valence-corrected chi connectivity index (χ3v) is 4.50. The summed E-state index contributed by atoms with van der Waals surface area (Å²) in [6, 6.07) is 5.60. The highest BCUT2D eigenvalue weighted by molar-refractivity contribution is 6.31. The van der Waals surface area contributed by atoms with Gasteiger partial charge in [0.15, 0.2) is 5.82 Å². The van der Waals surface area contributed by atoms with E-state index in [-0.39, 0.29) is 10.8 Å². The van der Waals surface area contributed by atoms with Crippen molar-refractivity contribution < 1.29 is 4.39 Å². The molecule has 0 amide bonds. The monoisotopic (exact) mass is 317 g/mol. The number of rotatable bonds is 4. The van der Waals surface area contributed by atoms with Crippen molar-refractivity contribution in [2.24, 2.45) is 0 Å². The molecule has 4 rings (SSSR count). The number of aromatic nitrogens is 3. The van der Waals surface area contributed by atoms with Crippen molar-refractivity contribution in [2.45, 2.75) is 38.6 Å². The molecule has 2 aromatic heterocycles. The van der Waals surface area contributed by atoms with Gasteiger partial charge in [-0.1, -0.05) is 24.6 Å². The lowest BCUT2D eigenvalue weighted by Crippen LogP contribution is -2.00. The molecule has 0 saturated heterocycles. The third-order valence-electron chi connectivity index (χ3n) is 4.21. The van der Waals surface area contributed by atoms with E-state index >= 15 is 0 Å². The molecule has 1 aliphatic carbocycles. The van der Waals surface area contributed by atoms with E-state index in [1.165, 1.54) is 0 Å². The molecule has 3 nitrogen and oxygen atoms in total. The maximum atomic E-state index is 14.6. The highest BCUT2D eigenvalue weighted by Crippen LogP contribution is 2.44. The van der Waals surface area contributed by atoms with Gasteiger partial charge in [0.05, 0.1) is 22.4 Å². The highest BCUT2D eigenvalue weighted by atomic mass is 35.5. The zero-order chi connectivity index (χ0) is 15.3. The van der Waals surface area contributed by atoms with Gasteiger partial charge in [-0.25, -0.2) is 4.39 Å². The van der Waals surface area contributed by atoms with Crippen LogP contribution < -0.4 is 0 Å². The maximum Gasteiger partial charge on any atom is 0.166 e. The van der Waals surface area contributed by atoms with Gasteiger partial charge < -0.3 is 4.57 Å². The number of fused-ring (bicyclic) bond motifs is 1. The van der Waals surface area contributed by atoms with Crippen molar-refractivity contribution >= 4 is 22.5 Å². The molecule has 0 aliphatic heterocycles. The Morgan fingerprint density at radius 2 is 2.18 bits per heavy atom. The fraction of sp³-hybridized carbons (Fsp3) is 0.353. The lowest BCUT2D eigenvalue weighted by Gasteiger charge is -2.08. The average molecular weight is 318 g/mol. The Morgan fingerprint density at radius 3 is 2.91 bits per heavy atom. The normalized spacial score (nSPS) is 14.9. The molecule has 0 radical (unpaired) electrons. The SMILES string of the molecule is CCCn1cc(-n2c(C3CC3)cc3ccc(Cl)c(F)c32)cn1. The predicted molar refractivity (Wildman–Crippen MR) is 86.3 cm³/mol. The Kier molecular flexibility index (Phi) is 3.22. The van der Waals surface area contributed by atoms with Crippen LogP contribution in [0.25, 0.3) is 16.6 Å². The van der Waals surface area contributed by atoms with E-state index in [4.69, 9.17) is 11.6 Å². The van der Waals surface area contributed by atoms with E-state index in [0.29, 0.717) is 11.4 Å². The van der Waals surface area contributed by atoms with Gasteiger partial charge in [0, 0.05) is 23.8 Å². The number of aryl methyl sites for hydroxylation is 1. The zero-order valence-electron chi connectivity index (χ0n) is 12.4. The first kappa shape index (κ1) is 13.8. The lowest BCUT2D eigenvalue weighted by molar-refractivity contribution is 0.602. The summed E-state index contributed by atoms with van der Waals surface area (Å²) in [5.41, 5.74) is 2.63. The summed E-state index contributed by atoms with van der Waals surface area (Å²) in [7, 11) is 0. The number of halogens is 2. The molecule has 0 N–H and O–H groups in total. The van der Waals surface area contributed by atoms with Gasteiger partial charge in [-0.3, -0.25) is 4.68 Å². The molecular formula is C17H17ClFN3. The zero-order valence-corrected chi connectivity index (χ0v) is 13.1. The second-order valence-corrected chi connectivity index (χ2v) is 6.35. The van der Waals surface area contributed by atoms with Gasteiger partial charge in [-0.05, 0) is 37.3 Å². The van der Waals surface area contributed by atoms with E-state index in [0.717, 1.165) is 42.6 Å². The molecular weight excluding hydrogens is 301 g/mol. The van der Waals surface area contributed by atoms with Crippen molar-refractivity contribution in [1.29, 1.82) is 0 Å². The summed E-state index contributed by atoms with van der Waals surface area (Å²) in [6.07, 6.45) is 7.13. The van der Waals surface area contributed by atoms with Gasteiger partial charge in [0.25, 0.3) is 0 Å². The molecule has 1 aromatic carbocycles. The van der Waals surface area contributed by atoms with Gasteiger partial charge in [0.1, 0.15) is 0 Å². The second-order valence-electron chi connectivity index (χ2n) is 5.94. The predicted octanol–water partition coefficient (Wildman–Crippen LogP) is 4.91. The smallest absolute Gasteiger partial charge is 0.166 e. The first-order chi connectivity index (χ1) is 10.7. The van der Waals surface area contributed by atoms with E-state index in [9.17, 15) is 4.39 Å². The summed E-state index contributed by atoms with van der Waals surface area (Å²) in [5.74, 6) is 0.161. The molecule has 3 aromatic rings. The van der Waals surface area contributed by atoms with Crippen LogP contribution in [0.5, 0.6) is 0 Å². The van der Waals surface area contributed by atoms with Crippen molar-refractivity contribution in [1.82, 2.24) is 14.3 Å². The van der Waals surface area contributed by atoms with Crippen LogP contribution in [0.3, 0.4) is 0 Å². The van der Waals surface area contributed by atoms with Crippen molar-refractivity contribution in [2.75, 3.05) is 0 Å². The number of benzene rings is 1. The summed E-state index contributed by atoms with van der Waals surface area (Å²) in [6.45, 7) is 2.97. The van der Waals surface area contributed by atoms with Crippen LogP contribution in [0, 0.1) is 5.82 Å². The minimum absolute atomic E-state index is 0.162. The fourth-order valence-electron chi connectivity index (χ4n) is 3.03. The van der Waals surface area contributed by atoms with E-state index < -0.39 is 0 Å². The summed E-state index contributed by atoms with van der Waals surface area (Å²) >= 11 is 6.00. The highest BCUT2D eigenvalue weighted by Gasteiger charge is 2.29. The molecule has 0 unspecified atom stereocenters. The van der Waals surface area contributed by atoms with Crippen LogP contribution in [0.4, 0.5) is 4.39 Å². The van der Waals surface area contributed by atoms with E-state index in [1.54, 1.807) is 12.3 Å². The lowest BCUT2D eigenvalue weighted by atomic mass is 10.2. The average Bonchev–Trinajstić information content (AvgIpc) is 3.12. The molecule has 5 heteroatoms. The standard InChI is InChI=1S/C17H17ClFN3/c1-2-7-21-10-13(9-20-21)22-15(11-3-4-11)8-12-5-6-14(18)16(19)17(12)22/h5-6,8-11H,2-4,7H2,1H3. The van der Waals surface area contributed by atoms with E-state index in [1.807, 2.05) is 21.5 Å². The number of hydrogen-bond donors (Lipinski definition) is 0. The first-order valence-electron chi connectivity index (χ1n) is 7.71. The van der Waals surface area contributed by atoms with Crippen LogP contribution in [0.15, 0.2) is 30.6 Å². The van der Waals surface area contributed by atoms with Crippen LogP contribution >= 0.6 is 11.6 Å². The van der Waals surface area contributed by atoms with Gasteiger partial charge in [-0.2, -0.15) is 5.10 Å². The Bertz CT molecular complexity index is 845. The fourth-order valence-corrected chi connectivity index (χ4v) is 3.18. The Morgan fingerprint density at radius 1 is 1.36 bits per heavy atom. The molecule has 1 saturated carbocycles. The Labute approximate surface area is 133 Å². The largest absolute Gasteiger partial charge is 0.308 e. The first-order valence-corrected chi connectivity index (χ1v) is 8.09. The molecule has 1 aliphatic rings. The quantitative estimate of drug-likeness (QED) is 0.670. The Balaban J connectivity index is 1.96. The summed E-state index contributed by atoms with van der Waals surface area (Å²) < 4.78 is 18.5. The topological polar surface area (TPSA) is 22.8 Å². The molecule has 2 heterocycles. The molecule has 0 bridgehead atoms. The Hall–Kier alpha value is -1.81. The molecule has 1 fully saturated rings. The van der Waals surface area contributed by atoms with Crippen LogP contribution in [-0.4, -0.2) is 14.3 Å². The van der Waals surface area contributed by atoms with Crippen LogP contribution in [0.1, 0.15) is 37.8 Å². The van der Waals surface area contributed by atoms with Crippen molar-refractivity contribution in [3.63, 3.8) is 0 Å². The second kappa shape index (κ2) is 5.13. The van der Waals surface area contributed by atoms with Crippen molar-refractivity contribution in [3.8, 4) is 5.69 Å². The van der Waals surface area contributed by atoms with Crippen molar-refractivity contribution in [3.05, 3.63) is 47.1 Å². The maximum absolute atomic E-state index is 14.6.